The fourth-order valence-electron chi connectivity index (χ4n) is 2.21. The normalized spacial score (nSPS) is 10.8. The maximum Gasteiger partial charge on any atom is 0.303 e. The van der Waals surface area contributed by atoms with Crippen molar-refractivity contribution in [3.05, 3.63) is 17.0 Å². The van der Waals surface area contributed by atoms with Crippen LogP contribution in [0.2, 0.25) is 0 Å². The Hall–Kier alpha value is -0.810. The Kier molecular flexibility index (Phi) is 10.2. The number of unbranched alkanes of at least 4 members (excludes halogenated alkanes) is 7. The zero-order valence-electron chi connectivity index (χ0n) is 13.4. The van der Waals surface area contributed by atoms with Crippen LogP contribution < -0.4 is 0 Å². The van der Waals surface area contributed by atoms with Gasteiger partial charge in [-0.1, -0.05) is 38.5 Å². The van der Waals surface area contributed by atoms with E-state index >= 15 is 0 Å². The molecule has 0 aliphatic carbocycles. The van der Waals surface area contributed by atoms with Crippen molar-refractivity contribution in [3.8, 4) is 0 Å². The van der Waals surface area contributed by atoms with Gasteiger partial charge in [-0.25, -0.2) is 0 Å². The summed E-state index contributed by atoms with van der Waals surface area (Å²) in [5.74, 6) is 0.487. The summed E-state index contributed by atoms with van der Waals surface area (Å²) in [6.45, 7) is 1.84. The molecule has 1 aromatic heterocycles. The number of carboxylic acids is 1. The van der Waals surface area contributed by atoms with E-state index in [-0.39, 0.29) is 0 Å². The highest BCUT2D eigenvalue weighted by Gasteiger charge is 2.02. The SMILES string of the molecule is CC(=N)c1ccc(SCCCCCCCCCCC(=O)O)s1. The molecule has 0 aliphatic heterocycles. The van der Waals surface area contributed by atoms with Crippen molar-refractivity contribution in [1.82, 2.24) is 0 Å². The Morgan fingerprint density at radius 2 is 1.68 bits per heavy atom. The van der Waals surface area contributed by atoms with Gasteiger partial charge in [-0.05, 0) is 37.7 Å². The minimum atomic E-state index is -0.675. The first kappa shape index (κ1) is 19.2. The largest absolute Gasteiger partial charge is 0.481 e. The Morgan fingerprint density at radius 1 is 1.09 bits per heavy atom. The first-order valence-electron chi connectivity index (χ1n) is 8.09. The highest BCUT2D eigenvalue weighted by atomic mass is 32.2. The molecule has 0 radical (unpaired) electrons. The fraction of sp³-hybridized carbons (Fsp3) is 0.647. The van der Waals surface area contributed by atoms with Gasteiger partial charge >= 0.3 is 5.97 Å². The molecule has 0 atom stereocenters. The third-order valence-electron chi connectivity index (χ3n) is 3.48. The Bertz CT molecular complexity index is 457. The van der Waals surface area contributed by atoms with Crippen LogP contribution >= 0.6 is 23.1 Å². The number of aliphatic carboxylic acids is 1. The zero-order chi connectivity index (χ0) is 16.2. The number of thiophene rings is 1. The lowest BCUT2D eigenvalue weighted by atomic mass is 10.1. The van der Waals surface area contributed by atoms with Gasteiger partial charge in [0.05, 0.1) is 4.21 Å². The van der Waals surface area contributed by atoms with Crippen molar-refractivity contribution in [2.75, 3.05) is 5.75 Å². The Balaban J connectivity index is 1.89. The third-order valence-corrected chi connectivity index (χ3v) is 6.00. The summed E-state index contributed by atoms with van der Waals surface area (Å²) < 4.78 is 1.32. The van der Waals surface area contributed by atoms with E-state index in [4.69, 9.17) is 10.5 Å². The summed E-state index contributed by atoms with van der Waals surface area (Å²) in [6.07, 6.45) is 9.69. The number of thioether (sulfide) groups is 1. The fourth-order valence-corrected chi connectivity index (χ4v) is 4.32. The molecule has 0 fully saturated rings. The van der Waals surface area contributed by atoms with E-state index in [0.29, 0.717) is 12.1 Å². The average molecular weight is 342 g/mol. The van der Waals surface area contributed by atoms with Gasteiger partial charge in [0.1, 0.15) is 0 Å². The quantitative estimate of drug-likeness (QED) is 0.270. The van der Waals surface area contributed by atoms with Crippen molar-refractivity contribution < 1.29 is 9.90 Å². The molecule has 0 bridgehead atoms. The van der Waals surface area contributed by atoms with E-state index in [0.717, 1.165) is 23.5 Å². The molecule has 2 N–H and O–H groups in total. The van der Waals surface area contributed by atoms with Gasteiger partial charge in [-0.2, -0.15) is 0 Å². The van der Waals surface area contributed by atoms with Gasteiger partial charge in [-0.3, -0.25) is 4.79 Å². The highest BCUT2D eigenvalue weighted by Crippen LogP contribution is 2.28. The molecule has 0 aromatic carbocycles. The van der Waals surface area contributed by atoms with E-state index in [1.165, 1.54) is 42.7 Å². The smallest absolute Gasteiger partial charge is 0.303 e. The predicted molar refractivity (Wildman–Crippen MR) is 96.7 cm³/mol. The zero-order valence-corrected chi connectivity index (χ0v) is 15.0. The van der Waals surface area contributed by atoms with E-state index in [1.807, 2.05) is 24.8 Å². The second kappa shape index (κ2) is 11.7. The van der Waals surface area contributed by atoms with Crippen LogP contribution in [-0.4, -0.2) is 22.5 Å². The minimum absolute atomic E-state index is 0.319. The maximum absolute atomic E-state index is 10.4. The summed E-state index contributed by atoms with van der Waals surface area (Å²) >= 11 is 3.62. The molecule has 5 heteroatoms. The summed E-state index contributed by atoms with van der Waals surface area (Å²) in [4.78, 5) is 11.4. The van der Waals surface area contributed by atoms with Gasteiger partial charge in [0.2, 0.25) is 0 Å². The maximum atomic E-state index is 10.4. The number of hydrogen-bond donors (Lipinski definition) is 2. The Labute approximate surface area is 142 Å². The molecule has 0 aliphatic rings. The van der Waals surface area contributed by atoms with Gasteiger partial charge < -0.3 is 10.5 Å². The molecule has 0 amide bonds. The van der Waals surface area contributed by atoms with Gasteiger partial charge in [0.25, 0.3) is 0 Å². The molecular formula is C17H27NO2S2. The van der Waals surface area contributed by atoms with Crippen LogP contribution in [0.3, 0.4) is 0 Å². The van der Waals surface area contributed by atoms with Crippen LogP contribution in [-0.2, 0) is 4.79 Å². The first-order valence-corrected chi connectivity index (χ1v) is 9.90. The standard InChI is InChI=1S/C17H27NO2S2/c1-14(18)15-11-12-17(22-15)21-13-9-7-5-3-2-4-6-8-10-16(19)20/h11-12,18H,2-10,13H2,1H3,(H,19,20). The molecule has 1 aromatic rings. The highest BCUT2D eigenvalue weighted by molar-refractivity contribution is 8.01. The Morgan fingerprint density at radius 3 is 2.23 bits per heavy atom. The van der Waals surface area contributed by atoms with E-state index < -0.39 is 5.97 Å². The predicted octanol–water partition coefficient (Wildman–Crippen LogP) is 5.82. The van der Waals surface area contributed by atoms with E-state index in [2.05, 4.69) is 6.07 Å². The molecule has 0 saturated heterocycles. The summed E-state index contributed by atoms with van der Waals surface area (Å²) in [6, 6.07) is 4.17. The number of hydrogen-bond acceptors (Lipinski definition) is 4. The molecule has 0 unspecified atom stereocenters. The van der Waals surface area contributed by atoms with Crippen molar-refractivity contribution >= 4 is 34.8 Å². The molecule has 124 valence electrons. The van der Waals surface area contributed by atoms with Crippen LogP contribution in [0, 0.1) is 5.41 Å². The molecule has 1 heterocycles. The van der Waals surface area contributed by atoms with E-state index in [1.54, 1.807) is 11.3 Å². The van der Waals surface area contributed by atoms with Crippen molar-refractivity contribution in [1.29, 1.82) is 5.41 Å². The lowest BCUT2D eigenvalue weighted by Gasteiger charge is -2.02. The average Bonchev–Trinajstić information content (AvgIpc) is 2.93. The second-order valence-corrected chi connectivity index (χ2v) is 8.04. The molecular weight excluding hydrogens is 314 g/mol. The van der Waals surface area contributed by atoms with Crippen LogP contribution in [0.5, 0.6) is 0 Å². The van der Waals surface area contributed by atoms with Gasteiger partial charge in [0, 0.05) is 17.0 Å². The van der Waals surface area contributed by atoms with Crippen molar-refractivity contribution in [2.45, 2.75) is 68.9 Å². The van der Waals surface area contributed by atoms with E-state index in [9.17, 15) is 4.79 Å². The summed E-state index contributed by atoms with van der Waals surface area (Å²) in [7, 11) is 0. The summed E-state index contributed by atoms with van der Waals surface area (Å²) in [5.41, 5.74) is 0.653. The molecule has 0 spiro atoms. The minimum Gasteiger partial charge on any atom is -0.481 e. The van der Waals surface area contributed by atoms with Crippen molar-refractivity contribution in [3.63, 3.8) is 0 Å². The topological polar surface area (TPSA) is 61.2 Å². The molecule has 22 heavy (non-hydrogen) atoms. The van der Waals surface area contributed by atoms with Gasteiger partial charge in [-0.15, -0.1) is 23.1 Å². The number of carbonyl (C=O) groups is 1. The molecule has 0 saturated carbocycles. The van der Waals surface area contributed by atoms with Crippen LogP contribution in [0.1, 0.15) is 69.6 Å². The summed E-state index contributed by atoms with van der Waals surface area (Å²) in [5, 5.41) is 16.1. The lowest BCUT2D eigenvalue weighted by molar-refractivity contribution is -0.137. The first-order chi connectivity index (χ1) is 10.6. The number of carboxylic acid groups (broad SMARTS) is 1. The number of nitrogens with one attached hydrogen (secondary N) is 1. The van der Waals surface area contributed by atoms with Crippen LogP contribution in [0.15, 0.2) is 16.3 Å². The molecule has 3 nitrogen and oxygen atoms in total. The third kappa shape index (κ3) is 9.26. The van der Waals surface area contributed by atoms with Crippen LogP contribution in [0.4, 0.5) is 0 Å². The number of rotatable bonds is 13. The van der Waals surface area contributed by atoms with Crippen LogP contribution in [0.25, 0.3) is 0 Å². The van der Waals surface area contributed by atoms with Crippen molar-refractivity contribution in [2.24, 2.45) is 0 Å². The monoisotopic (exact) mass is 341 g/mol. The lowest BCUT2D eigenvalue weighted by Crippen LogP contribution is -1.93. The van der Waals surface area contributed by atoms with Gasteiger partial charge in [0.15, 0.2) is 0 Å². The second-order valence-electron chi connectivity index (χ2n) is 5.56. The molecule has 1 rings (SSSR count).